The third-order valence-corrected chi connectivity index (χ3v) is 5.10. The zero-order valence-electron chi connectivity index (χ0n) is 13.3. The number of ether oxygens (including phenoxy) is 1. The van der Waals surface area contributed by atoms with E-state index in [0.29, 0.717) is 6.54 Å². The van der Waals surface area contributed by atoms with Crippen molar-refractivity contribution in [3.05, 3.63) is 65.0 Å². The summed E-state index contributed by atoms with van der Waals surface area (Å²) in [6, 6.07) is 16.9. The third-order valence-electron chi connectivity index (χ3n) is 4.09. The Bertz CT molecular complexity index is 769. The van der Waals surface area contributed by atoms with E-state index >= 15 is 0 Å². The second kappa shape index (κ2) is 7.59. The van der Waals surface area contributed by atoms with Gasteiger partial charge in [0.25, 0.3) is 0 Å². The summed E-state index contributed by atoms with van der Waals surface area (Å²) < 4.78 is 6.74. The summed E-state index contributed by atoms with van der Waals surface area (Å²) in [6.07, 6.45) is 0.940. The zero-order chi connectivity index (χ0) is 16.1. The van der Waals surface area contributed by atoms with E-state index in [0.717, 1.165) is 24.3 Å². The highest BCUT2D eigenvalue weighted by Gasteiger charge is 2.12. The smallest absolute Gasteiger partial charge is 0.123 e. The number of hydrogen-bond donors (Lipinski definition) is 2. The Kier molecular flexibility index (Phi) is 5.28. The lowest BCUT2D eigenvalue weighted by atomic mass is 10.0. The largest absolute Gasteiger partial charge is 0.496 e. The van der Waals surface area contributed by atoms with Crippen molar-refractivity contribution in [3.8, 4) is 5.75 Å². The molecule has 1 atom stereocenters. The lowest BCUT2D eigenvalue weighted by molar-refractivity contribution is 0.405. The van der Waals surface area contributed by atoms with Crippen LogP contribution in [-0.4, -0.2) is 19.7 Å². The van der Waals surface area contributed by atoms with E-state index in [1.807, 2.05) is 18.2 Å². The predicted molar refractivity (Wildman–Crippen MR) is 98.2 cm³/mol. The quantitative estimate of drug-likeness (QED) is 0.698. The first-order valence-corrected chi connectivity index (χ1v) is 8.70. The van der Waals surface area contributed by atoms with Gasteiger partial charge >= 0.3 is 0 Å². The highest BCUT2D eigenvalue weighted by atomic mass is 32.1. The SMILES string of the molecule is COc1ccccc1CNC(CN)Cc1csc2ccccc12. The number of thiophene rings is 1. The number of nitrogens with two attached hydrogens (primary N) is 1. The minimum absolute atomic E-state index is 0.248. The molecule has 1 heterocycles. The number of methoxy groups -OCH3 is 1. The van der Waals surface area contributed by atoms with Crippen LogP contribution in [0.4, 0.5) is 0 Å². The molecule has 0 aliphatic carbocycles. The number of benzene rings is 2. The monoisotopic (exact) mass is 326 g/mol. The molecule has 1 unspecified atom stereocenters. The maximum atomic E-state index is 5.98. The van der Waals surface area contributed by atoms with Gasteiger partial charge in [-0.25, -0.2) is 0 Å². The van der Waals surface area contributed by atoms with E-state index in [1.54, 1.807) is 18.4 Å². The Morgan fingerprint density at radius 2 is 1.87 bits per heavy atom. The molecule has 23 heavy (non-hydrogen) atoms. The molecule has 3 N–H and O–H groups in total. The van der Waals surface area contributed by atoms with Crippen molar-refractivity contribution in [3.63, 3.8) is 0 Å². The number of hydrogen-bond acceptors (Lipinski definition) is 4. The van der Waals surface area contributed by atoms with E-state index in [-0.39, 0.29) is 6.04 Å². The molecule has 0 saturated carbocycles. The Hall–Kier alpha value is -1.88. The summed E-state index contributed by atoms with van der Waals surface area (Å²) in [4.78, 5) is 0. The van der Waals surface area contributed by atoms with Crippen LogP contribution in [0.1, 0.15) is 11.1 Å². The highest BCUT2D eigenvalue weighted by molar-refractivity contribution is 7.17. The van der Waals surface area contributed by atoms with Gasteiger partial charge in [0, 0.05) is 29.4 Å². The number of fused-ring (bicyclic) bond motifs is 1. The van der Waals surface area contributed by atoms with E-state index in [1.165, 1.54) is 15.6 Å². The predicted octanol–water partition coefficient (Wildman–Crippen LogP) is 3.57. The van der Waals surface area contributed by atoms with Gasteiger partial charge in [-0.3, -0.25) is 0 Å². The molecule has 120 valence electrons. The summed E-state index contributed by atoms with van der Waals surface area (Å²) in [7, 11) is 1.71. The van der Waals surface area contributed by atoms with Crippen LogP contribution in [0.25, 0.3) is 10.1 Å². The molecule has 0 radical (unpaired) electrons. The van der Waals surface area contributed by atoms with E-state index in [2.05, 4.69) is 41.0 Å². The lowest BCUT2D eigenvalue weighted by Gasteiger charge is -2.18. The zero-order valence-corrected chi connectivity index (χ0v) is 14.1. The Balaban J connectivity index is 1.68. The van der Waals surface area contributed by atoms with E-state index in [9.17, 15) is 0 Å². The fourth-order valence-electron chi connectivity index (χ4n) is 2.80. The first-order chi connectivity index (χ1) is 11.3. The van der Waals surface area contributed by atoms with Gasteiger partial charge in [-0.15, -0.1) is 11.3 Å². The molecule has 3 rings (SSSR count). The lowest BCUT2D eigenvalue weighted by Crippen LogP contribution is -2.37. The molecule has 4 heteroatoms. The minimum atomic E-state index is 0.248. The summed E-state index contributed by atoms with van der Waals surface area (Å²) in [5.74, 6) is 0.914. The molecule has 0 spiro atoms. The average molecular weight is 326 g/mol. The molecule has 0 amide bonds. The molecule has 0 bridgehead atoms. The van der Waals surface area contributed by atoms with Crippen LogP contribution in [0.5, 0.6) is 5.75 Å². The fraction of sp³-hybridized carbons (Fsp3) is 0.263. The van der Waals surface area contributed by atoms with Crippen molar-refractivity contribution in [1.29, 1.82) is 0 Å². The second-order valence-corrected chi connectivity index (χ2v) is 6.50. The molecule has 3 nitrogen and oxygen atoms in total. The number of nitrogens with one attached hydrogen (secondary N) is 1. The van der Waals surface area contributed by atoms with Gasteiger partial charge in [-0.1, -0.05) is 36.4 Å². The topological polar surface area (TPSA) is 47.3 Å². The average Bonchev–Trinajstić information content (AvgIpc) is 3.02. The molecule has 0 saturated heterocycles. The maximum absolute atomic E-state index is 5.98. The Labute approximate surface area is 141 Å². The van der Waals surface area contributed by atoms with E-state index < -0.39 is 0 Å². The van der Waals surface area contributed by atoms with Crippen molar-refractivity contribution in [1.82, 2.24) is 5.32 Å². The first kappa shape index (κ1) is 16.0. The molecule has 0 fully saturated rings. The van der Waals surface area contributed by atoms with Gasteiger partial charge in [0.2, 0.25) is 0 Å². The minimum Gasteiger partial charge on any atom is -0.496 e. The fourth-order valence-corrected chi connectivity index (χ4v) is 3.77. The van der Waals surface area contributed by atoms with Crippen molar-refractivity contribution >= 4 is 21.4 Å². The number of para-hydroxylation sites is 1. The summed E-state index contributed by atoms with van der Waals surface area (Å²) >= 11 is 1.80. The van der Waals surface area contributed by atoms with Crippen LogP contribution in [0.3, 0.4) is 0 Å². The Morgan fingerprint density at radius 3 is 2.70 bits per heavy atom. The molecule has 2 aromatic carbocycles. The van der Waals surface area contributed by atoms with Crippen molar-refractivity contribution in [2.45, 2.75) is 19.0 Å². The molecule has 3 aromatic rings. The van der Waals surface area contributed by atoms with Crippen LogP contribution in [0.2, 0.25) is 0 Å². The van der Waals surface area contributed by atoms with Crippen LogP contribution in [0, 0.1) is 0 Å². The maximum Gasteiger partial charge on any atom is 0.123 e. The normalized spacial score (nSPS) is 12.4. The van der Waals surface area contributed by atoms with Gasteiger partial charge in [-0.05, 0) is 34.9 Å². The summed E-state index contributed by atoms with van der Waals surface area (Å²) in [5.41, 5.74) is 8.50. The van der Waals surface area contributed by atoms with Crippen molar-refractivity contribution in [2.75, 3.05) is 13.7 Å². The highest BCUT2D eigenvalue weighted by Crippen LogP contribution is 2.26. The van der Waals surface area contributed by atoms with Crippen LogP contribution >= 0.6 is 11.3 Å². The standard InChI is InChI=1S/C19H22N2OS/c1-22-18-8-4-2-6-14(18)12-21-16(11-20)10-15-13-23-19-9-5-3-7-17(15)19/h2-9,13,16,21H,10-12,20H2,1H3. The van der Waals surface area contributed by atoms with Crippen molar-refractivity contribution < 1.29 is 4.74 Å². The number of rotatable bonds is 7. The molecule has 0 aliphatic heterocycles. The van der Waals surface area contributed by atoms with Gasteiger partial charge < -0.3 is 15.8 Å². The molecule has 0 aliphatic rings. The van der Waals surface area contributed by atoms with Crippen LogP contribution in [0.15, 0.2) is 53.9 Å². The van der Waals surface area contributed by atoms with Crippen molar-refractivity contribution in [2.24, 2.45) is 5.73 Å². The van der Waals surface area contributed by atoms with Crippen LogP contribution in [-0.2, 0) is 13.0 Å². The Morgan fingerprint density at radius 1 is 1.09 bits per heavy atom. The summed E-state index contributed by atoms with van der Waals surface area (Å²) in [6.45, 7) is 1.37. The summed E-state index contributed by atoms with van der Waals surface area (Å²) in [5, 5.41) is 7.15. The molecular weight excluding hydrogens is 304 g/mol. The van der Waals surface area contributed by atoms with Gasteiger partial charge in [0.05, 0.1) is 7.11 Å². The van der Waals surface area contributed by atoms with Gasteiger partial charge in [0.15, 0.2) is 0 Å². The van der Waals surface area contributed by atoms with Gasteiger partial charge in [0.1, 0.15) is 5.75 Å². The molecule has 1 aromatic heterocycles. The first-order valence-electron chi connectivity index (χ1n) is 7.82. The molecular formula is C19H22N2OS. The van der Waals surface area contributed by atoms with E-state index in [4.69, 9.17) is 10.5 Å². The van der Waals surface area contributed by atoms with Crippen LogP contribution < -0.4 is 15.8 Å². The van der Waals surface area contributed by atoms with Gasteiger partial charge in [-0.2, -0.15) is 0 Å². The third kappa shape index (κ3) is 3.72. The second-order valence-electron chi connectivity index (χ2n) is 5.59.